The second-order valence-corrected chi connectivity index (χ2v) is 26.1. The van der Waals surface area contributed by atoms with Crippen LogP contribution >= 0.6 is 0 Å². The Bertz CT molecular complexity index is 1060. The van der Waals surface area contributed by atoms with Gasteiger partial charge in [0.25, 0.3) is 0 Å². The molecule has 0 fully saturated rings. The molecular weight excluding hydrogens is 951 g/mol. The summed E-state index contributed by atoms with van der Waals surface area (Å²) in [6.45, 7) is 4.42. The van der Waals surface area contributed by atoms with E-state index < -0.39 is 12.1 Å². The van der Waals surface area contributed by atoms with Crippen LogP contribution < -0.4 is 5.32 Å². The summed E-state index contributed by atoms with van der Waals surface area (Å²) in [6.07, 6.45) is 93.4. The maximum Gasteiger partial charge on any atom is 0.220 e. The molecule has 0 aromatic heterocycles. The first-order valence-electron chi connectivity index (χ1n) is 37.2. The Morgan fingerprint density at radius 1 is 0.256 bits per heavy atom. The minimum atomic E-state index is -0.657. The predicted molar refractivity (Wildman–Crippen MR) is 350 cm³/mol. The summed E-state index contributed by atoms with van der Waals surface area (Å²) in [7, 11) is 0. The fraction of sp³-hybridized carbons (Fsp3) is 0.986. The number of nitrogens with one attached hydrogen (secondary N) is 1. The van der Waals surface area contributed by atoms with Crippen LogP contribution in [0.3, 0.4) is 0 Å². The van der Waals surface area contributed by atoms with Crippen molar-refractivity contribution in [3.63, 3.8) is 0 Å². The molecule has 0 bridgehead atoms. The van der Waals surface area contributed by atoms with Gasteiger partial charge in [-0.15, -0.1) is 0 Å². The molecule has 4 heteroatoms. The van der Waals surface area contributed by atoms with Gasteiger partial charge in [-0.3, -0.25) is 4.79 Å². The van der Waals surface area contributed by atoms with Crippen molar-refractivity contribution < 1.29 is 15.0 Å². The molecule has 78 heavy (non-hydrogen) atoms. The number of hydrogen-bond acceptors (Lipinski definition) is 3. The Labute approximate surface area is 493 Å². The number of hydrogen-bond donors (Lipinski definition) is 3. The SMILES string of the molecule is CCCCCCCCCCCCCCCCCCCCCCCCCCCCCCCCCCCCCCCCCCC(=O)NC(CO)C(O)CCCCCCCCCCCCCCCCCCCCCCCCCCCC. The molecule has 4 nitrogen and oxygen atoms in total. The highest BCUT2D eigenvalue weighted by Crippen LogP contribution is 2.21. The van der Waals surface area contributed by atoms with Crippen LogP contribution in [0.15, 0.2) is 0 Å². The zero-order valence-corrected chi connectivity index (χ0v) is 54.2. The lowest BCUT2D eigenvalue weighted by molar-refractivity contribution is -0.123. The molecule has 0 aromatic carbocycles. The summed E-state index contributed by atoms with van der Waals surface area (Å²) in [4.78, 5) is 12.6. The number of carbonyl (C=O) groups is 1. The summed E-state index contributed by atoms with van der Waals surface area (Å²) in [6, 6.07) is -0.533. The molecule has 0 spiro atoms. The van der Waals surface area contributed by atoms with Crippen LogP contribution in [-0.4, -0.2) is 34.9 Å². The van der Waals surface area contributed by atoms with Gasteiger partial charge < -0.3 is 15.5 Å². The zero-order valence-electron chi connectivity index (χ0n) is 54.2. The molecule has 0 aliphatic rings. The highest BCUT2D eigenvalue weighted by Gasteiger charge is 2.20. The lowest BCUT2D eigenvalue weighted by Crippen LogP contribution is -2.45. The molecule has 0 rings (SSSR count). The zero-order chi connectivity index (χ0) is 56.2. The Morgan fingerprint density at radius 3 is 0.577 bits per heavy atom. The van der Waals surface area contributed by atoms with E-state index in [2.05, 4.69) is 19.2 Å². The molecule has 0 aliphatic carbocycles. The summed E-state index contributed by atoms with van der Waals surface area (Å²) in [5, 5.41) is 23.5. The van der Waals surface area contributed by atoms with Gasteiger partial charge in [-0.05, 0) is 12.8 Å². The van der Waals surface area contributed by atoms with Crippen LogP contribution in [0.25, 0.3) is 0 Å². The van der Waals surface area contributed by atoms with Crippen molar-refractivity contribution in [2.45, 2.75) is 463 Å². The number of aliphatic hydroxyl groups is 2. The standard InChI is InChI=1S/C74H149NO3/c1-3-5-7-9-11-13-15-17-19-21-23-25-27-29-31-32-33-34-35-36-37-38-39-40-41-42-43-44-46-48-50-52-54-56-58-60-62-64-66-68-70-74(78)75-72(71-76)73(77)69-67-65-63-61-59-57-55-53-51-49-47-45-30-28-26-24-22-20-18-16-14-12-10-8-6-4-2/h72-73,76-77H,3-71H2,1-2H3,(H,75,78). The molecule has 2 atom stereocenters. The van der Waals surface area contributed by atoms with E-state index in [9.17, 15) is 15.0 Å². The first kappa shape index (κ1) is 77.4. The normalized spacial score (nSPS) is 12.5. The van der Waals surface area contributed by atoms with Gasteiger partial charge in [0.1, 0.15) is 0 Å². The Kier molecular flexibility index (Phi) is 70.1. The third-order valence-corrected chi connectivity index (χ3v) is 18.1. The number of aliphatic hydroxyl groups excluding tert-OH is 2. The van der Waals surface area contributed by atoms with E-state index in [0.29, 0.717) is 12.8 Å². The van der Waals surface area contributed by atoms with Gasteiger partial charge >= 0.3 is 0 Å². The van der Waals surface area contributed by atoms with E-state index in [4.69, 9.17) is 0 Å². The summed E-state index contributed by atoms with van der Waals surface area (Å²) >= 11 is 0. The van der Waals surface area contributed by atoms with Crippen molar-refractivity contribution >= 4 is 5.91 Å². The van der Waals surface area contributed by atoms with Gasteiger partial charge in [-0.1, -0.05) is 431 Å². The molecule has 1 amide bonds. The van der Waals surface area contributed by atoms with Crippen LogP contribution in [0, 0.1) is 0 Å². The van der Waals surface area contributed by atoms with Gasteiger partial charge in [-0.2, -0.15) is 0 Å². The van der Waals surface area contributed by atoms with E-state index in [1.807, 2.05) is 0 Å². The second kappa shape index (κ2) is 70.7. The number of carbonyl (C=O) groups excluding carboxylic acids is 1. The van der Waals surface area contributed by atoms with Crippen LogP contribution in [0.2, 0.25) is 0 Å². The molecular formula is C74H149NO3. The van der Waals surface area contributed by atoms with Gasteiger partial charge in [0.2, 0.25) is 5.91 Å². The third kappa shape index (κ3) is 66.2. The quantitative estimate of drug-likeness (QED) is 0.0532. The van der Waals surface area contributed by atoms with Crippen LogP contribution in [0.5, 0.6) is 0 Å². The number of rotatable bonds is 71. The largest absolute Gasteiger partial charge is 0.394 e. The van der Waals surface area contributed by atoms with Gasteiger partial charge in [0, 0.05) is 6.42 Å². The Morgan fingerprint density at radius 2 is 0.410 bits per heavy atom. The molecule has 2 unspecified atom stereocenters. The molecule has 468 valence electrons. The van der Waals surface area contributed by atoms with Crippen molar-refractivity contribution in [1.82, 2.24) is 5.32 Å². The second-order valence-electron chi connectivity index (χ2n) is 26.1. The molecule has 0 aromatic rings. The van der Waals surface area contributed by atoms with Crippen LogP contribution in [-0.2, 0) is 4.79 Å². The number of unbranched alkanes of at least 4 members (excludes halogenated alkanes) is 64. The van der Waals surface area contributed by atoms with E-state index in [0.717, 1.165) is 25.7 Å². The molecule has 0 saturated heterocycles. The lowest BCUT2D eigenvalue weighted by atomic mass is 10.0. The van der Waals surface area contributed by atoms with Crippen molar-refractivity contribution in [3.8, 4) is 0 Å². The monoisotopic (exact) mass is 1100 g/mol. The highest BCUT2D eigenvalue weighted by molar-refractivity contribution is 5.76. The van der Waals surface area contributed by atoms with Crippen LogP contribution in [0.4, 0.5) is 0 Å². The maximum atomic E-state index is 12.6. The minimum Gasteiger partial charge on any atom is -0.394 e. The van der Waals surface area contributed by atoms with Gasteiger partial charge in [0.15, 0.2) is 0 Å². The van der Waals surface area contributed by atoms with Gasteiger partial charge in [-0.25, -0.2) is 0 Å². The van der Waals surface area contributed by atoms with Crippen molar-refractivity contribution in [2.24, 2.45) is 0 Å². The van der Waals surface area contributed by atoms with E-state index in [1.165, 1.54) is 398 Å². The third-order valence-electron chi connectivity index (χ3n) is 18.1. The highest BCUT2D eigenvalue weighted by atomic mass is 16.3. The first-order chi connectivity index (χ1) is 38.7. The topological polar surface area (TPSA) is 69.6 Å². The van der Waals surface area contributed by atoms with E-state index in [1.54, 1.807) is 0 Å². The molecule has 0 heterocycles. The summed E-state index contributed by atoms with van der Waals surface area (Å²) in [5.41, 5.74) is 0. The minimum absolute atomic E-state index is 0.0187. The Balaban J connectivity index is 3.33. The average molecular weight is 1100 g/mol. The summed E-state index contributed by atoms with van der Waals surface area (Å²) in [5.74, 6) is -0.0187. The lowest BCUT2D eigenvalue weighted by Gasteiger charge is -2.22. The average Bonchev–Trinajstić information content (AvgIpc) is 3.44. The van der Waals surface area contributed by atoms with Gasteiger partial charge in [0.05, 0.1) is 18.8 Å². The summed E-state index contributed by atoms with van der Waals surface area (Å²) < 4.78 is 0. The number of amides is 1. The smallest absolute Gasteiger partial charge is 0.220 e. The Hall–Kier alpha value is -0.610. The fourth-order valence-corrected chi connectivity index (χ4v) is 12.5. The molecule has 0 aliphatic heterocycles. The predicted octanol–water partition coefficient (Wildman–Crippen LogP) is 25.4. The van der Waals surface area contributed by atoms with E-state index in [-0.39, 0.29) is 12.5 Å². The molecule has 0 radical (unpaired) electrons. The van der Waals surface area contributed by atoms with Crippen molar-refractivity contribution in [2.75, 3.05) is 6.61 Å². The van der Waals surface area contributed by atoms with Crippen molar-refractivity contribution in [1.29, 1.82) is 0 Å². The van der Waals surface area contributed by atoms with E-state index >= 15 is 0 Å². The molecule has 0 saturated carbocycles. The molecule has 3 N–H and O–H groups in total. The fourth-order valence-electron chi connectivity index (χ4n) is 12.5. The van der Waals surface area contributed by atoms with Crippen molar-refractivity contribution in [3.05, 3.63) is 0 Å². The first-order valence-corrected chi connectivity index (χ1v) is 37.2. The van der Waals surface area contributed by atoms with Crippen LogP contribution in [0.1, 0.15) is 450 Å². The maximum absolute atomic E-state index is 12.6.